The van der Waals surface area contributed by atoms with Crippen LogP contribution in [-0.4, -0.2) is 50.2 Å². The number of carbonyl (C=O) groups is 1. The van der Waals surface area contributed by atoms with Crippen LogP contribution in [0.1, 0.15) is 10.4 Å². The number of pyridine rings is 1. The van der Waals surface area contributed by atoms with Crippen LogP contribution < -0.4 is 14.2 Å². The van der Waals surface area contributed by atoms with Crippen molar-refractivity contribution in [2.45, 2.75) is 0 Å². The molecule has 1 amide bonds. The summed E-state index contributed by atoms with van der Waals surface area (Å²) in [4.78, 5) is 17.9. The van der Waals surface area contributed by atoms with E-state index < -0.39 is 0 Å². The third kappa shape index (κ3) is 4.60. The molecular weight excluding hydrogens is 296 g/mol. The Morgan fingerprint density at radius 1 is 1.04 bits per heavy atom. The summed E-state index contributed by atoms with van der Waals surface area (Å²) in [6.07, 6.45) is 1.50. The molecule has 122 valence electrons. The highest BCUT2D eigenvalue weighted by molar-refractivity contribution is 5.93. The van der Waals surface area contributed by atoms with Crippen molar-refractivity contribution in [2.24, 2.45) is 0 Å². The number of rotatable bonds is 7. The largest absolute Gasteiger partial charge is 0.497 e. The van der Waals surface area contributed by atoms with Gasteiger partial charge in [-0.05, 0) is 30.3 Å². The first-order valence-corrected chi connectivity index (χ1v) is 7.16. The molecule has 23 heavy (non-hydrogen) atoms. The second-order valence-electron chi connectivity index (χ2n) is 4.84. The summed E-state index contributed by atoms with van der Waals surface area (Å²) < 4.78 is 15.7. The number of hydrogen-bond acceptors (Lipinski definition) is 5. The molecule has 1 heterocycles. The van der Waals surface area contributed by atoms with Crippen LogP contribution in [0.25, 0.3) is 0 Å². The lowest BCUT2D eigenvalue weighted by Crippen LogP contribution is -2.30. The SMILES string of the molecule is COc1ccc(OCCN(C)C(=O)c2ccc(OC)nc2)cc1. The van der Waals surface area contributed by atoms with Crippen molar-refractivity contribution < 1.29 is 19.0 Å². The topological polar surface area (TPSA) is 60.9 Å². The molecule has 0 N–H and O–H groups in total. The van der Waals surface area contributed by atoms with Gasteiger partial charge in [-0.2, -0.15) is 0 Å². The number of amides is 1. The number of ether oxygens (including phenoxy) is 3. The van der Waals surface area contributed by atoms with Crippen molar-refractivity contribution in [3.05, 3.63) is 48.2 Å². The third-order valence-corrected chi connectivity index (χ3v) is 3.29. The molecule has 0 saturated heterocycles. The van der Waals surface area contributed by atoms with Gasteiger partial charge in [0.15, 0.2) is 0 Å². The molecule has 0 radical (unpaired) electrons. The van der Waals surface area contributed by atoms with E-state index in [4.69, 9.17) is 14.2 Å². The fraction of sp³-hybridized carbons (Fsp3) is 0.294. The molecule has 1 aromatic carbocycles. The number of carbonyl (C=O) groups excluding carboxylic acids is 1. The molecule has 0 unspecified atom stereocenters. The monoisotopic (exact) mass is 316 g/mol. The van der Waals surface area contributed by atoms with Crippen LogP contribution in [0.5, 0.6) is 17.4 Å². The van der Waals surface area contributed by atoms with Gasteiger partial charge in [0.25, 0.3) is 5.91 Å². The van der Waals surface area contributed by atoms with Gasteiger partial charge in [-0.15, -0.1) is 0 Å². The maximum atomic E-state index is 12.2. The number of methoxy groups -OCH3 is 2. The van der Waals surface area contributed by atoms with Crippen LogP contribution in [0.2, 0.25) is 0 Å². The highest BCUT2D eigenvalue weighted by Gasteiger charge is 2.12. The standard InChI is InChI=1S/C17H20N2O4/c1-19(17(20)13-4-9-16(22-3)18-12-13)10-11-23-15-7-5-14(21-2)6-8-15/h4-9,12H,10-11H2,1-3H3. The Balaban J connectivity index is 1.83. The summed E-state index contributed by atoms with van der Waals surface area (Å²) in [6, 6.07) is 10.7. The van der Waals surface area contributed by atoms with Crippen LogP contribution in [-0.2, 0) is 0 Å². The van der Waals surface area contributed by atoms with Crippen LogP contribution in [0.3, 0.4) is 0 Å². The second kappa shape index (κ2) is 8.03. The molecule has 0 aliphatic carbocycles. The van der Waals surface area contributed by atoms with Gasteiger partial charge in [0, 0.05) is 19.3 Å². The van der Waals surface area contributed by atoms with E-state index >= 15 is 0 Å². The van der Waals surface area contributed by atoms with E-state index in [-0.39, 0.29) is 5.91 Å². The van der Waals surface area contributed by atoms with Gasteiger partial charge in [0.05, 0.1) is 26.3 Å². The molecular formula is C17H20N2O4. The number of likely N-dealkylation sites (N-methyl/N-ethyl adjacent to an activating group) is 1. The number of nitrogens with zero attached hydrogens (tertiary/aromatic N) is 2. The third-order valence-electron chi connectivity index (χ3n) is 3.29. The summed E-state index contributed by atoms with van der Waals surface area (Å²) in [7, 11) is 4.88. The number of benzene rings is 1. The van der Waals surface area contributed by atoms with Crippen molar-refractivity contribution in [1.29, 1.82) is 0 Å². The van der Waals surface area contributed by atoms with Crippen LogP contribution in [0, 0.1) is 0 Å². The van der Waals surface area contributed by atoms with Crippen LogP contribution in [0.4, 0.5) is 0 Å². The van der Waals surface area contributed by atoms with Gasteiger partial charge in [-0.1, -0.05) is 0 Å². The summed E-state index contributed by atoms with van der Waals surface area (Å²) in [5, 5.41) is 0. The Morgan fingerprint density at radius 2 is 1.74 bits per heavy atom. The highest BCUT2D eigenvalue weighted by atomic mass is 16.5. The van der Waals surface area contributed by atoms with Gasteiger partial charge in [0.2, 0.25) is 5.88 Å². The van der Waals surface area contributed by atoms with Crippen molar-refractivity contribution in [2.75, 3.05) is 34.4 Å². The fourth-order valence-corrected chi connectivity index (χ4v) is 1.92. The first-order chi connectivity index (χ1) is 11.1. The molecule has 0 spiro atoms. The minimum atomic E-state index is -0.113. The molecule has 0 bridgehead atoms. The summed E-state index contributed by atoms with van der Waals surface area (Å²) in [6.45, 7) is 0.870. The Hall–Kier alpha value is -2.76. The fourth-order valence-electron chi connectivity index (χ4n) is 1.92. The average Bonchev–Trinajstić information content (AvgIpc) is 2.61. The van der Waals surface area contributed by atoms with Crippen LogP contribution in [0.15, 0.2) is 42.6 Å². The highest BCUT2D eigenvalue weighted by Crippen LogP contribution is 2.17. The zero-order chi connectivity index (χ0) is 16.7. The van der Waals surface area contributed by atoms with E-state index in [1.165, 1.54) is 13.3 Å². The van der Waals surface area contributed by atoms with E-state index in [1.54, 1.807) is 31.2 Å². The minimum Gasteiger partial charge on any atom is -0.497 e. The molecule has 2 aromatic rings. The van der Waals surface area contributed by atoms with Gasteiger partial charge in [-0.25, -0.2) is 4.98 Å². The molecule has 0 aliphatic rings. The van der Waals surface area contributed by atoms with E-state index in [0.29, 0.717) is 24.6 Å². The van der Waals surface area contributed by atoms with E-state index in [1.807, 2.05) is 24.3 Å². The lowest BCUT2D eigenvalue weighted by molar-refractivity contribution is 0.0773. The predicted molar refractivity (Wildman–Crippen MR) is 86.2 cm³/mol. The minimum absolute atomic E-state index is 0.113. The van der Waals surface area contributed by atoms with Gasteiger partial charge in [-0.3, -0.25) is 4.79 Å². The maximum Gasteiger partial charge on any atom is 0.255 e. The van der Waals surface area contributed by atoms with Gasteiger partial charge < -0.3 is 19.1 Å². The van der Waals surface area contributed by atoms with Crippen molar-refractivity contribution >= 4 is 5.91 Å². The molecule has 6 heteroatoms. The predicted octanol–water partition coefficient (Wildman–Crippen LogP) is 2.25. The Labute approximate surface area is 135 Å². The van der Waals surface area contributed by atoms with E-state index in [0.717, 1.165) is 11.5 Å². The zero-order valence-electron chi connectivity index (χ0n) is 13.5. The molecule has 0 aliphatic heterocycles. The first kappa shape index (κ1) is 16.6. The average molecular weight is 316 g/mol. The Bertz CT molecular complexity index is 626. The maximum absolute atomic E-state index is 12.2. The molecule has 1 aromatic heterocycles. The Kier molecular flexibility index (Phi) is 5.80. The van der Waals surface area contributed by atoms with Crippen LogP contribution >= 0.6 is 0 Å². The van der Waals surface area contributed by atoms with Crippen molar-refractivity contribution in [3.63, 3.8) is 0 Å². The normalized spacial score (nSPS) is 10.0. The lowest BCUT2D eigenvalue weighted by Gasteiger charge is -2.17. The number of hydrogen-bond donors (Lipinski definition) is 0. The molecule has 2 rings (SSSR count). The summed E-state index contributed by atoms with van der Waals surface area (Å²) in [5.41, 5.74) is 0.512. The first-order valence-electron chi connectivity index (χ1n) is 7.16. The molecule has 0 saturated carbocycles. The summed E-state index contributed by atoms with van der Waals surface area (Å²) >= 11 is 0. The molecule has 6 nitrogen and oxygen atoms in total. The van der Waals surface area contributed by atoms with E-state index in [2.05, 4.69) is 4.98 Å². The lowest BCUT2D eigenvalue weighted by atomic mass is 10.2. The number of aromatic nitrogens is 1. The van der Waals surface area contributed by atoms with Crippen molar-refractivity contribution in [1.82, 2.24) is 9.88 Å². The second-order valence-corrected chi connectivity index (χ2v) is 4.84. The smallest absolute Gasteiger partial charge is 0.255 e. The summed E-state index contributed by atoms with van der Waals surface area (Å²) in [5.74, 6) is 1.87. The Morgan fingerprint density at radius 3 is 2.30 bits per heavy atom. The molecule has 0 atom stereocenters. The van der Waals surface area contributed by atoms with Crippen molar-refractivity contribution in [3.8, 4) is 17.4 Å². The quantitative estimate of drug-likeness (QED) is 0.784. The molecule has 0 fully saturated rings. The zero-order valence-corrected chi connectivity index (χ0v) is 13.5. The van der Waals surface area contributed by atoms with Gasteiger partial charge in [0.1, 0.15) is 18.1 Å². The van der Waals surface area contributed by atoms with Gasteiger partial charge >= 0.3 is 0 Å². The van der Waals surface area contributed by atoms with E-state index in [9.17, 15) is 4.79 Å².